The van der Waals surface area contributed by atoms with Crippen LogP contribution in [-0.2, 0) is 37.7 Å². The number of unbranched alkanes of at least 4 members (excludes halogenated alkanes) is 1. The van der Waals surface area contributed by atoms with E-state index in [1.54, 1.807) is 0 Å². The van der Waals surface area contributed by atoms with E-state index >= 15 is 0 Å². The molecule has 271 valence electrons. The van der Waals surface area contributed by atoms with E-state index in [4.69, 9.17) is 9.97 Å². The van der Waals surface area contributed by atoms with Gasteiger partial charge in [-0.25, -0.2) is 0 Å². The number of aliphatic hydroxyl groups is 1. The van der Waals surface area contributed by atoms with Gasteiger partial charge < -0.3 is 15.1 Å². The number of ketones is 1. The maximum Gasteiger partial charge on any atom is 0.162 e. The summed E-state index contributed by atoms with van der Waals surface area (Å²) in [5.74, 6) is 1.05. The van der Waals surface area contributed by atoms with Gasteiger partial charge in [-0.05, 0) is 97.1 Å². The SMILES string of the molecule is CC(C)c1ccc2c(-c3[c-]cccc3)nc(CCCCc3cccc(-c4[c-]cccc4)n3)cc2c1.CCC(CC)C(=O)/C=C(\O)C(CC)CC.[Ir]. The Hall–Kier alpha value is -3.92. The smallest absolute Gasteiger partial charge is 0.162 e. The van der Waals surface area contributed by atoms with Gasteiger partial charge in [0.05, 0.1) is 5.76 Å². The summed E-state index contributed by atoms with van der Waals surface area (Å²) in [6.45, 7) is 12.6. The summed E-state index contributed by atoms with van der Waals surface area (Å²) in [7, 11) is 0. The molecule has 0 amide bonds. The Morgan fingerprint density at radius 1 is 0.725 bits per heavy atom. The number of aromatic nitrogens is 2. The van der Waals surface area contributed by atoms with Crippen molar-refractivity contribution in [2.75, 3.05) is 0 Å². The van der Waals surface area contributed by atoms with Crippen LogP contribution in [0.15, 0.2) is 103 Å². The number of hydrogen-bond donors (Lipinski definition) is 1. The van der Waals surface area contributed by atoms with Crippen LogP contribution in [0.5, 0.6) is 0 Å². The number of pyridine rings is 2. The molecule has 0 unspecified atom stereocenters. The van der Waals surface area contributed by atoms with E-state index in [1.165, 1.54) is 22.4 Å². The van der Waals surface area contributed by atoms with Gasteiger partial charge in [-0.3, -0.25) is 4.79 Å². The van der Waals surface area contributed by atoms with Crippen molar-refractivity contribution in [3.05, 3.63) is 132 Å². The van der Waals surface area contributed by atoms with Crippen LogP contribution in [0.4, 0.5) is 0 Å². The van der Waals surface area contributed by atoms with E-state index in [0.29, 0.717) is 5.92 Å². The molecule has 1 radical (unpaired) electrons. The average molecular weight is 859 g/mol. The van der Waals surface area contributed by atoms with E-state index in [-0.39, 0.29) is 43.5 Å². The second-order valence-corrected chi connectivity index (χ2v) is 13.4. The first kappa shape index (κ1) is 41.5. The number of aliphatic hydroxyl groups excluding tert-OH is 1. The zero-order valence-corrected chi connectivity index (χ0v) is 33.6. The number of aryl methyl sites for hydroxylation is 2. The molecule has 2 aromatic heterocycles. The van der Waals surface area contributed by atoms with Crippen molar-refractivity contribution in [1.29, 1.82) is 0 Å². The number of rotatable bonds is 15. The van der Waals surface area contributed by atoms with Gasteiger partial charge in [-0.2, -0.15) is 0 Å². The topological polar surface area (TPSA) is 63.1 Å². The fraction of sp³-hybridized carbons (Fsp3) is 0.370. The van der Waals surface area contributed by atoms with Gasteiger partial charge in [0.2, 0.25) is 0 Å². The van der Waals surface area contributed by atoms with Crippen LogP contribution in [0.3, 0.4) is 0 Å². The van der Waals surface area contributed by atoms with Crippen LogP contribution < -0.4 is 0 Å². The van der Waals surface area contributed by atoms with Gasteiger partial charge in [0.1, 0.15) is 0 Å². The molecular weight excluding hydrogens is 805 g/mol. The molecule has 3 aromatic carbocycles. The molecular formula is C46H54IrN2O2-2. The van der Waals surface area contributed by atoms with Crippen molar-refractivity contribution in [1.82, 2.24) is 9.97 Å². The largest absolute Gasteiger partial charge is 0.512 e. The maximum absolute atomic E-state index is 11.7. The van der Waals surface area contributed by atoms with E-state index in [0.717, 1.165) is 85.3 Å². The Kier molecular flexibility index (Phi) is 17.5. The number of hydrogen-bond acceptors (Lipinski definition) is 4. The number of allylic oxidation sites excluding steroid dienone is 2. The second-order valence-electron chi connectivity index (χ2n) is 13.4. The standard InChI is InChI=1S/C33H30N2.C13H24O2.Ir/c1-24(2)27-20-21-31-28(22-27)23-30(35-33(31)26-14-7-4-8-15-26)17-10-9-16-29-18-11-19-32(34-29)25-12-5-3-6-13-25;1-5-10(6-2)12(14)9-13(15)11(7-3)8-4;/h3-8,11-12,14,18-24H,9-10,16-17H2,1-2H3;9-11,14H,5-8H2,1-4H3;/q-2;;/b;12-9-;. The Balaban J connectivity index is 0.000000374. The predicted octanol–water partition coefficient (Wildman–Crippen LogP) is 12.1. The van der Waals surface area contributed by atoms with Crippen LogP contribution in [-0.4, -0.2) is 20.9 Å². The Morgan fingerprint density at radius 2 is 1.35 bits per heavy atom. The molecule has 51 heavy (non-hydrogen) atoms. The third-order valence-electron chi connectivity index (χ3n) is 9.53. The Bertz CT molecular complexity index is 1810. The zero-order chi connectivity index (χ0) is 35.9. The first-order chi connectivity index (χ1) is 24.3. The summed E-state index contributed by atoms with van der Waals surface area (Å²) < 4.78 is 0. The second kappa shape index (κ2) is 21.4. The molecule has 2 heterocycles. The summed E-state index contributed by atoms with van der Waals surface area (Å²) in [4.78, 5) is 21.7. The molecule has 0 saturated heterocycles. The van der Waals surface area contributed by atoms with Crippen LogP contribution in [0.2, 0.25) is 0 Å². The average Bonchev–Trinajstić information content (AvgIpc) is 3.15. The molecule has 0 saturated carbocycles. The number of carbonyl (C=O) groups excluding carboxylic acids is 1. The molecule has 4 nitrogen and oxygen atoms in total. The van der Waals surface area contributed by atoms with E-state index in [1.807, 2.05) is 58.0 Å². The molecule has 0 aliphatic rings. The molecule has 0 spiro atoms. The zero-order valence-electron chi connectivity index (χ0n) is 31.2. The number of nitrogens with zero attached hydrogens (tertiary/aromatic N) is 2. The van der Waals surface area contributed by atoms with Crippen LogP contribution in [0.25, 0.3) is 33.3 Å². The van der Waals surface area contributed by atoms with Gasteiger partial charge in [-0.15, -0.1) is 71.8 Å². The molecule has 1 N–H and O–H groups in total. The molecule has 5 heteroatoms. The van der Waals surface area contributed by atoms with Crippen molar-refractivity contribution in [3.8, 4) is 22.5 Å². The third-order valence-corrected chi connectivity index (χ3v) is 9.53. The Morgan fingerprint density at radius 3 is 1.94 bits per heavy atom. The van der Waals surface area contributed by atoms with Crippen molar-refractivity contribution in [3.63, 3.8) is 0 Å². The van der Waals surface area contributed by atoms with Crippen LogP contribution >= 0.6 is 0 Å². The molecule has 0 aliphatic carbocycles. The number of fused-ring (bicyclic) bond motifs is 1. The fourth-order valence-corrected chi connectivity index (χ4v) is 6.28. The van der Waals surface area contributed by atoms with E-state index < -0.39 is 0 Å². The first-order valence-electron chi connectivity index (χ1n) is 18.6. The van der Waals surface area contributed by atoms with E-state index in [2.05, 4.69) is 86.6 Å². The summed E-state index contributed by atoms with van der Waals surface area (Å²) in [5.41, 5.74) is 7.75. The number of benzene rings is 3. The van der Waals surface area contributed by atoms with Gasteiger partial charge in [0.15, 0.2) is 5.78 Å². The maximum atomic E-state index is 11.7. The van der Waals surface area contributed by atoms with Crippen molar-refractivity contribution < 1.29 is 30.0 Å². The Labute approximate surface area is 320 Å². The summed E-state index contributed by atoms with van der Waals surface area (Å²) in [6, 6.07) is 38.1. The van der Waals surface area contributed by atoms with Crippen molar-refractivity contribution >= 4 is 16.6 Å². The molecule has 5 aromatic rings. The fourth-order valence-electron chi connectivity index (χ4n) is 6.28. The van der Waals surface area contributed by atoms with Crippen molar-refractivity contribution in [2.24, 2.45) is 11.8 Å². The summed E-state index contributed by atoms with van der Waals surface area (Å²) in [5, 5.41) is 12.2. The number of carbonyl (C=O) groups is 1. The molecule has 0 aliphatic heterocycles. The summed E-state index contributed by atoms with van der Waals surface area (Å²) >= 11 is 0. The minimum Gasteiger partial charge on any atom is -0.512 e. The minimum atomic E-state index is 0. The quantitative estimate of drug-likeness (QED) is 0.0493. The molecule has 0 fully saturated rings. The monoisotopic (exact) mass is 859 g/mol. The normalized spacial score (nSPS) is 11.4. The van der Waals surface area contributed by atoms with Crippen LogP contribution in [0, 0.1) is 24.0 Å². The molecule has 5 rings (SSSR count). The van der Waals surface area contributed by atoms with Gasteiger partial charge in [-0.1, -0.05) is 71.9 Å². The third kappa shape index (κ3) is 12.1. The van der Waals surface area contributed by atoms with Crippen molar-refractivity contribution in [2.45, 2.75) is 98.8 Å². The molecule has 0 atom stereocenters. The van der Waals surface area contributed by atoms with Gasteiger partial charge >= 0.3 is 0 Å². The first-order valence-corrected chi connectivity index (χ1v) is 18.6. The van der Waals surface area contributed by atoms with Gasteiger partial charge in [0, 0.05) is 49.4 Å². The van der Waals surface area contributed by atoms with E-state index in [9.17, 15) is 9.90 Å². The van der Waals surface area contributed by atoms with Crippen LogP contribution in [0.1, 0.15) is 103 Å². The molecule has 0 bridgehead atoms. The minimum absolute atomic E-state index is 0. The predicted molar refractivity (Wildman–Crippen MR) is 209 cm³/mol. The van der Waals surface area contributed by atoms with Gasteiger partial charge in [0.25, 0.3) is 0 Å². The summed E-state index contributed by atoms with van der Waals surface area (Å²) in [6.07, 6.45) is 8.97.